The molecule has 0 bridgehead atoms. The predicted molar refractivity (Wildman–Crippen MR) is 68.3 cm³/mol. The topological polar surface area (TPSA) is 75.0 Å². The monoisotopic (exact) mass is 267 g/mol. The lowest BCUT2D eigenvalue weighted by atomic mass is 10.2. The molecule has 1 rings (SSSR count). The molecule has 1 aromatic rings. The number of nitrogens with one attached hydrogen (secondary N) is 1. The minimum absolute atomic E-state index is 0.218. The number of nitriles is 1. The summed E-state index contributed by atoms with van der Waals surface area (Å²) in [6.45, 7) is 2.71. The van der Waals surface area contributed by atoms with Crippen LogP contribution in [0, 0.1) is 11.3 Å². The van der Waals surface area contributed by atoms with Gasteiger partial charge in [0.05, 0.1) is 12.2 Å². The number of pyridine rings is 1. The van der Waals surface area contributed by atoms with Crippen molar-refractivity contribution < 1.29 is 9.53 Å². The van der Waals surface area contributed by atoms with Gasteiger partial charge in [-0.2, -0.15) is 5.26 Å². The lowest BCUT2D eigenvalue weighted by Crippen LogP contribution is -2.09. The second-order valence-electron chi connectivity index (χ2n) is 3.47. The van der Waals surface area contributed by atoms with Gasteiger partial charge in [0, 0.05) is 19.2 Å². The Morgan fingerprint density at radius 2 is 2.44 bits per heavy atom. The molecule has 96 valence electrons. The third-order valence-electron chi connectivity index (χ3n) is 2.17. The Balaban J connectivity index is 2.41. The second-order valence-corrected chi connectivity index (χ2v) is 3.85. The van der Waals surface area contributed by atoms with Crippen LogP contribution >= 0.6 is 11.6 Å². The van der Waals surface area contributed by atoms with Crippen molar-refractivity contribution in [2.45, 2.75) is 19.8 Å². The van der Waals surface area contributed by atoms with Crippen LogP contribution in [0.3, 0.4) is 0 Å². The number of ether oxygens (including phenoxy) is 1. The van der Waals surface area contributed by atoms with Gasteiger partial charge in [-0.15, -0.1) is 0 Å². The third-order valence-corrected chi connectivity index (χ3v) is 2.55. The maximum Gasteiger partial charge on any atom is 0.305 e. The molecule has 1 N–H and O–H groups in total. The van der Waals surface area contributed by atoms with Crippen molar-refractivity contribution in [3.63, 3.8) is 0 Å². The van der Waals surface area contributed by atoms with Crippen LogP contribution in [0.5, 0.6) is 0 Å². The number of aromatic nitrogens is 1. The van der Waals surface area contributed by atoms with Gasteiger partial charge in [-0.3, -0.25) is 4.79 Å². The van der Waals surface area contributed by atoms with E-state index in [-0.39, 0.29) is 5.97 Å². The maximum absolute atomic E-state index is 11.1. The number of carbonyl (C=O) groups excluding carboxylic acids is 1. The molecule has 0 aromatic carbocycles. The molecule has 1 heterocycles. The average molecular weight is 268 g/mol. The second kappa shape index (κ2) is 7.51. The lowest BCUT2D eigenvalue weighted by Gasteiger charge is -2.07. The van der Waals surface area contributed by atoms with E-state index < -0.39 is 0 Å². The normalized spacial score (nSPS) is 9.61. The number of nitrogens with zero attached hydrogens (tertiary/aromatic N) is 2. The fourth-order valence-corrected chi connectivity index (χ4v) is 1.55. The Morgan fingerprint density at radius 1 is 1.67 bits per heavy atom. The SMILES string of the molecule is CCOC(=O)CCCNc1nccc(C#N)c1Cl. The summed E-state index contributed by atoms with van der Waals surface area (Å²) in [5.41, 5.74) is 0.375. The number of esters is 1. The number of hydrogen-bond acceptors (Lipinski definition) is 5. The van der Waals surface area contributed by atoms with Gasteiger partial charge >= 0.3 is 5.97 Å². The van der Waals surface area contributed by atoms with Gasteiger partial charge in [0.25, 0.3) is 0 Å². The van der Waals surface area contributed by atoms with Crippen LogP contribution in [0.25, 0.3) is 0 Å². The van der Waals surface area contributed by atoms with E-state index in [9.17, 15) is 4.79 Å². The lowest BCUT2D eigenvalue weighted by molar-refractivity contribution is -0.143. The van der Waals surface area contributed by atoms with E-state index in [1.54, 1.807) is 13.0 Å². The molecule has 18 heavy (non-hydrogen) atoms. The first-order chi connectivity index (χ1) is 8.69. The highest BCUT2D eigenvalue weighted by molar-refractivity contribution is 6.34. The molecule has 0 spiro atoms. The van der Waals surface area contributed by atoms with Crippen molar-refractivity contribution in [1.82, 2.24) is 4.98 Å². The molecule has 1 aromatic heterocycles. The van der Waals surface area contributed by atoms with Crippen LogP contribution in [0.2, 0.25) is 5.02 Å². The third kappa shape index (κ3) is 4.22. The van der Waals surface area contributed by atoms with Crippen LogP contribution in [0.15, 0.2) is 12.3 Å². The van der Waals surface area contributed by atoms with Gasteiger partial charge in [0.1, 0.15) is 16.9 Å². The highest BCUT2D eigenvalue weighted by Gasteiger charge is 2.07. The van der Waals surface area contributed by atoms with Gasteiger partial charge in [0.2, 0.25) is 0 Å². The van der Waals surface area contributed by atoms with Gasteiger partial charge in [-0.25, -0.2) is 4.98 Å². The molecule has 0 aliphatic rings. The quantitative estimate of drug-likeness (QED) is 0.633. The zero-order valence-corrected chi connectivity index (χ0v) is 10.8. The molecule has 0 atom stereocenters. The van der Waals surface area contributed by atoms with Crippen LogP contribution < -0.4 is 5.32 Å². The number of hydrogen-bond donors (Lipinski definition) is 1. The Bertz CT molecular complexity index is 457. The molecule has 5 nitrogen and oxygen atoms in total. The zero-order valence-electron chi connectivity index (χ0n) is 10.1. The maximum atomic E-state index is 11.1. The molecule has 0 saturated carbocycles. The first-order valence-corrected chi connectivity index (χ1v) is 6.01. The molecular weight excluding hydrogens is 254 g/mol. The highest BCUT2D eigenvalue weighted by Crippen LogP contribution is 2.22. The molecular formula is C12H14ClN3O2. The number of anilines is 1. The van der Waals surface area contributed by atoms with Crippen LogP contribution in [0.4, 0.5) is 5.82 Å². The van der Waals surface area contributed by atoms with E-state index in [4.69, 9.17) is 21.6 Å². The van der Waals surface area contributed by atoms with E-state index in [2.05, 4.69) is 10.3 Å². The van der Waals surface area contributed by atoms with Crippen molar-refractivity contribution >= 4 is 23.4 Å². The van der Waals surface area contributed by atoms with Crippen molar-refractivity contribution in [3.05, 3.63) is 22.8 Å². The minimum Gasteiger partial charge on any atom is -0.466 e. The van der Waals surface area contributed by atoms with E-state index in [0.29, 0.717) is 42.4 Å². The van der Waals surface area contributed by atoms with Gasteiger partial charge < -0.3 is 10.1 Å². The van der Waals surface area contributed by atoms with Crippen LogP contribution in [0.1, 0.15) is 25.3 Å². The molecule has 6 heteroatoms. The van der Waals surface area contributed by atoms with Crippen LogP contribution in [-0.4, -0.2) is 24.1 Å². The molecule has 0 radical (unpaired) electrons. The number of rotatable bonds is 6. The summed E-state index contributed by atoms with van der Waals surface area (Å²) < 4.78 is 4.80. The molecule has 0 aliphatic carbocycles. The fourth-order valence-electron chi connectivity index (χ4n) is 1.33. The van der Waals surface area contributed by atoms with Crippen molar-refractivity contribution in [1.29, 1.82) is 5.26 Å². The molecule has 0 fully saturated rings. The summed E-state index contributed by atoms with van der Waals surface area (Å²) in [5, 5.41) is 12.1. The van der Waals surface area contributed by atoms with Crippen LogP contribution in [-0.2, 0) is 9.53 Å². The Labute approximate surface area is 111 Å². The van der Waals surface area contributed by atoms with E-state index >= 15 is 0 Å². The zero-order chi connectivity index (χ0) is 13.4. The molecule has 0 aliphatic heterocycles. The van der Waals surface area contributed by atoms with E-state index in [0.717, 1.165) is 0 Å². The van der Waals surface area contributed by atoms with Gasteiger partial charge in [0.15, 0.2) is 0 Å². The summed E-state index contributed by atoms with van der Waals surface area (Å²) in [6.07, 6.45) is 2.47. The first kappa shape index (κ1) is 14.3. The van der Waals surface area contributed by atoms with E-state index in [1.165, 1.54) is 6.20 Å². The standard InChI is InChI=1S/C12H14ClN3O2/c1-2-18-10(17)4-3-6-15-12-11(13)9(8-14)5-7-16-12/h5,7H,2-4,6H2,1H3,(H,15,16). The largest absolute Gasteiger partial charge is 0.466 e. The molecule has 0 amide bonds. The van der Waals surface area contributed by atoms with E-state index in [1.807, 2.05) is 6.07 Å². The summed E-state index contributed by atoms with van der Waals surface area (Å²) >= 11 is 5.96. The molecule has 0 unspecified atom stereocenters. The predicted octanol–water partition coefficient (Wildman–Crippen LogP) is 2.36. The van der Waals surface area contributed by atoms with Crippen molar-refractivity contribution in [2.75, 3.05) is 18.5 Å². The first-order valence-electron chi connectivity index (χ1n) is 5.63. The Kier molecular flexibility index (Phi) is 5.95. The Morgan fingerprint density at radius 3 is 3.11 bits per heavy atom. The summed E-state index contributed by atoms with van der Waals surface area (Å²) in [5.74, 6) is 0.240. The summed E-state index contributed by atoms with van der Waals surface area (Å²) in [4.78, 5) is 15.1. The summed E-state index contributed by atoms with van der Waals surface area (Å²) in [6, 6.07) is 3.52. The molecule has 0 saturated heterocycles. The highest BCUT2D eigenvalue weighted by atomic mass is 35.5. The van der Waals surface area contributed by atoms with Gasteiger partial charge in [-0.1, -0.05) is 11.6 Å². The fraction of sp³-hybridized carbons (Fsp3) is 0.417. The van der Waals surface area contributed by atoms with Crippen molar-refractivity contribution in [2.24, 2.45) is 0 Å². The minimum atomic E-state index is -0.218. The number of halogens is 1. The Hall–Kier alpha value is -1.80. The number of carbonyl (C=O) groups is 1. The average Bonchev–Trinajstić information content (AvgIpc) is 2.36. The van der Waals surface area contributed by atoms with Gasteiger partial charge in [-0.05, 0) is 19.4 Å². The smallest absolute Gasteiger partial charge is 0.305 e. The summed E-state index contributed by atoms with van der Waals surface area (Å²) in [7, 11) is 0. The van der Waals surface area contributed by atoms with Crippen molar-refractivity contribution in [3.8, 4) is 6.07 Å².